The van der Waals surface area contributed by atoms with Crippen molar-refractivity contribution < 1.29 is 14.3 Å². The van der Waals surface area contributed by atoms with Crippen LogP contribution in [0.1, 0.15) is 25.5 Å². The molecule has 0 aliphatic carbocycles. The molecule has 2 aromatic rings. The van der Waals surface area contributed by atoms with Crippen LogP contribution in [0.2, 0.25) is 0 Å². The highest BCUT2D eigenvalue weighted by Gasteiger charge is 2.18. The van der Waals surface area contributed by atoms with Gasteiger partial charge in [0.25, 0.3) is 0 Å². The van der Waals surface area contributed by atoms with E-state index < -0.39 is 0 Å². The molecule has 138 valence electrons. The van der Waals surface area contributed by atoms with E-state index in [2.05, 4.69) is 10.3 Å². The molecule has 0 radical (unpaired) electrons. The van der Waals surface area contributed by atoms with Crippen LogP contribution in [-0.4, -0.2) is 47.9 Å². The third-order valence-corrected chi connectivity index (χ3v) is 5.14. The molecule has 1 aromatic carbocycles. The van der Waals surface area contributed by atoms with E-state index in [9.17, 15) is 9.59 Å². The normalized spacial score (nSPS) is 13.7. The summed E-state index contributed by atoms with van der Waals surface area (Å²) in [6.07, 6.45) is 2.28. The summed E-state index contributed by atoms with van der Waals surface area (Å²) in [7, 11) is 0. The second-order valence-electron chi connectivity index (χ2n) is 6.14. The first-order valence-corrected chi connectivity index (χ1v) is 9.76. The number of nitrogens with one attached hydrogen (secondary N) is 1. The lowest BCUT2D eigenvalue weighted by Gasteiger charge is -2.15. The van der Waals surface area contributed by atoms with Crippen LogP contribution in [0.5, 0.6) is 5.75 Å². The summed E-state index contributed by atoms with van der Waals surface area (Å²) in [5, 5.41) is 5.44. The standard InChI is InChI=1S/C19H23N3O3S/c1-2-25-16-7-5-14(6-8-16)19-21-15(13-26-19)11-17(23)20-12-18(24)22-9-3-4-10-22/h5-8,13H,2-4,9-12H2,1H3,(H,20,23). The Labute approximate surface area is 157 Å². The summed E-state index contributed by atoms with van der Waals surface area (Å²) in [5.74, 6) is 0.639. The van der Waals surface area contributed by atoms with Gasteiger partial charge in [0.15, 0.2) is 0 Å². The Morgan fingerprint density at radius 3 is 2.65 bits per heavy atom. The number of ether oxygens (including phenoxy) is 1. The number of hydrogen-bond donors (Lipinski definition) is 1. The number of carbonyl (C=O) groups is 2. The number of amides is 2. The molecule has 3 rings (SSSR count). The zero-order chi connectivity index (χ0) is 18.4. The number of rotatable bonds is 7. The molecule has 1 aromatic heterocycles. The van der Waals surface area contributed by atoms with Gasteiger partial charge in [-0.3, -0.25) is 9.59 Å². The Kier molecular flexibility index (Phi) is 6.22. The van der Waals surface area contributed by atoms with E-state index in [0.29, 0.717) is 12.3 Å². The lowest BCUT2D eigenvalue weighted by Crippen LogP contribution is -2.39. The number of carbonyl (C=O) groups excluding carboxylic acids is 2. The Morgan fingerprint density at radius 1 is 1.23 bits per heavy atom. The topological polar surface area (TPSA) is 71.5 Å². The smallest absolute Gasteiger partial charge is 0.241 e. The summed E-state index contributed by atoms with van der Waals surface area (Å²) in [6.45, 7) is 4.24. The van der Waals surface area contributed by atoms with E-state index in [4.69, 9.17) is 4.74 Å². The minimum Gasteiger partial charge on any atom is -0.494 e. The summed E-state index contributed by atoms with van der Waals surface area (Å²) in [5.41, 5.74) is 1.71. The zero-order valence-electron chi connectivity index (χ0n) is 14.9. The first-order chi connectivity index (χ1) is 12.7. The Balaban J connectivity index is 1.51. The molecule has 0 atom stereocenters. The van der Waals surface area contributed by atoms with Crippen molar-refractivity contribution in [2.24, 2.45) is 0 Å². The number of aromatic nitrogens is 1. The van der Waals surface area contributed by atoms with Crippen LogP contribution in [-0.2, 0) is 16.0 Å². The lowest BCUT2D eigenvalue weighted by atomic mass is 10.2. The molecule has 2 heterocycles. The minimum absolute atomic E-state index is 0.01000. The van der Waals surface area contributed by atoms with Crippen molar-refractivity contribution in [3.63, 3.8) is 0 Å². The van der Waals surface area contributed by atoms with Gasteiger partial charge in [-0.25, -0.2) is 4.98 Å². The number of hydrogen-bond acceptors (Lipinski definition) is 5. The Hall–Kier alpha value is -2.41. The van der Waals surface area contributed by atoms with Gasteiger partial charge in [-0.05, 0) is 44.0 Å². The molecule has 1 aliphatic rings. The van der Waals surface area contributed by atoms with Crippen LogP contribution < -0.4 is 10.1 Å². The van der Waals surface area contributed by atoms with Crippen molar-refractivity contribution >= 4 is 23.2 Å². The van der Waals surface area contributed by atoms with Crippen molar-refractivity contribution in [3.8, 4) is 16.3 Å². The van der Waals surface area contributed by atoms with Crippen molar-refractivity contribution in [2.75, 3.05) is 26.2 Å². The van der Waals surface area contributed by atoms with Crippen molar-refractivity contribution in [3.05, 3.63) is 35.3 Å². The van der Waals surface area contributed by atoms with E-state index in [1.807, 2.05) is 36.6 Å². The van der Waals surface area contributed by atoms with Crippen LogP contribution in [0.3, 0.4) is 0 Å². The number of benzene rings is 1. The zero-order valence-corrected chi connectivity index (χ0v) is 15.7. The van der Waals surface area contributed by atoms with Crippen molar-refractivity contribution in [2.45, 2.75) is 26.2 Å². The largest absolute Gasteiger partial charge is 0.494 e. The van der Waals surface area contributed by atoms with Crippen LogP contribution in [0.4, 0.5) is 0 Å². The molecule has 0 spiro atoms. The van der Waals surface area contributed by atoms with Crippen molar-refractivity contribution in [1.82, 2.24) is 15.2 Å². The molecule has 1 saturated heterocycles. The van der Waals surface area contributed by atoms with Crippen LogP contribution in [0.15, 0.2) is 29.6 Å². The fraction of sp³-hybridized carbons (Fsp3) is 0.421. The minimum atomic E-state index is -0.180. The van der Waals surface area contributed by atoms with Gasteiger partial charge >= 0.3 is 0 Å². The summed E-state index contributed by atoms with van der Waals surface area (Å²) in [6, 6.07) is 7.75. The second-order valence-corrected chi connectivity index (χ2v) is 7.00. The van der Waals surface area contributed by atoms with Crippen LogP contribution in [0, 0.1) is 0 Å². The van der Waals surface area contributed by atoms with E-state index >= 15 is 0 Å². The van der Waals surface area contributed by atoms with Gasteiger partial charge in [0.2, 0.25) is 11.8 Å². The number of thiazole rings is 1. The lowest BCUT2D eigenvalue weighted by molar-refractivity contribution is -0.131. The number of likely N-dealkylation sites (tertiary alicyclic amines) is 1. The number of nitrogens with zero attached hydrogens (tertiary/aromatic N) is 2. The molecule has 1 fully saturated rings. The van der Waals surface area contributed by atoms with E-state index in [1.54, 1.807) is 4.90 Å². The van der Waals surface area contributed by atoms with Gasteiger partial charge in [-0.15, -0.1) is 11.3 Å². The molecule has 26 heavy (non-hydrogen) atoms. The second kappa shape index (κ2) is 8.80. The maximum absolute atomic E-state index is 12.1. The van der Waals surface area contributed by atoms with Gasteiger partial charge in [0.1, 0.15) is 10.8 Å². The third-order valence-electron chi connectivity index (χ3n) is 4.20. The van der Waals surface area contributed by atoms with Gasteiger partial charge in [-0.2, -0.15) is 0 Å². The molecule has 0 bridgehead atoms. The molecule has 1 aliphatic heterocycles. The SMILES string of the molecule is CCOc1ccc(-c2nc(CC(=O)NCC(=O)N3CCCC3)cs2)cc1. The van der Waals surface area contributed by atoms with Crippen LogP contribution >= 0.6 is 11.3 Å². The maximum atomic E-state index is 12.1. The van der Waals surface area contributed by atoms with E-state index in [0.717, 1.165) is 42.3 Å². The molecule has 0 unspecified atom stereocenters. The van der Waals surface area contributed by atoms with E-state index in [1.165, 1.54) is 11.3 Å². The first-order valence-electron chi connectivity index (χ1n) is 8.88. The molecular weight excluding hydrogens is 350 g/mol. The quantitative estimate of drug-likeness (QED) is 0.809. The Morgan fingerprint density at radius 2 is 1.96 bits per heavy atom. The fourth-order valence-corrected chi connectivity index (χ4v) is 3.69. The molecule has 1 N–H and O–H groups in total. The van der Waals surface area contributed by atoms with Crippen molar-refractivity contribution in [1.29, 1.82) is 0 Å². The molecule has 6 nitrogen and oxygen atoms in total. The monoisotopic (exact) mass is 373 g/mol. The van der Waals surface area contributed by atoms with Gasteiger partial charge in [0.05, 0.1) is 25.3 Å². The fourth-order valence-electron chi connectivity index (χ4n) is 2.86. The highest BCUT2D eigenvalue weighted by molar-refractivity contribution is 7.13. The highest BCUT2D eigenvalue weighted by Crippen LogP contribution is 2.26. The van der Waals surface area contributed by atoms with E-state index in [-0.39, 0.29) is 24.8 Å². The predicted octanol–water partition coefficient (Wildman–Crippen LogP) is 2.49. The average molecular weight is 373 g/mol. The highest BCUT2D eigenvalue weighted by atomic mass is 32.1. The molecule has 2 amide bonds. The van der Waals surface area contributed by atoms with Gasteiger partial charge < -0.3 is 15.0 Å². The third kappa shape index (κ3) is 4.82. The van der Waals surface area contributed by atoms with Gasteiger partial charge in [-0.1, -0.05) is 0 Å². The van der Waals surface area contributed by atoms with Crippen LogP contribution in [0.25, 0.3) is 10.6 Å². The Bertz CT molecular complexity index is 752. The predicted molar refractivity (Wildman–Crippen MR) is 101 cm³/mol. The summed E-state index contributed by atoms with van der Waals surface area (Å²) < 4.78 is 5.44. The molecule has 0 saturated carbocycles. The summed E-state index contributed by atoms with van der Waals surface area (Å²) in [4.78, 5) is 30.3. The first kappa shape index (κ1) is 18.4. The molecule has 7 heteroatoms. The van der Waals surface area contributed by atoms with Gasteiger partial charge in [0, 0.05) is 24.0 Å². The summed E-state index contributed by atoms with van der Waals surface area (Å²) >= 11 is 1.50. The molecular formula is C19H23N3O3S. The maximum Gasteiger partial charge on any atom is 0.241 e. The average Bonchev–Trinajstić information content (AvgIpc) is 3.33.